The summed E-state index contributed by atoms with van der Waals surface area (Å²) in [5, 5.41) is 0. The van der Waals surface area contributed by atoms with Crippen LogP contribution < -0.4 is 0 Å². The van der Waals surface area contributed by atoms with Gasteiger partial charge < -0.3 is 4.74 Å². The lowest BCUT2D eigenvalue weighted by Gasteiger charge is -2.01. The van der Waals surface area contributed by atoms with Gasteiger partial charge in [-0.3, -0.25) is 4.79 Å². The third-order valence-electron chi connectivity index (χ3n) is 1.99. The molecule has 3 heteroatoms. The van der Waals surface area contributed by atoms with E-state index in [4.69, 9.17) is 0 Å². The number of ketones is 1. The molecular formula is C13H14O3. The van der Waals surface area contributed by atoms with Crippen LogP contribution in [0.4, 0.5) is 0 Å². The van der Waals surface area contributed by atoms with Crippen molar-refractivity contribution in [3.8, 4) is 0 Å². The van der Waals surface area contributed by atoms with Gasteiger partial charge in [-0.25, -0.2) is 4.79 Å². The van der Waals surface area contributed by atoms with Gasteiger partial charge in [0.25, 0.3) is 0 Å². The maximum Gasteiger partial charge on any atom is 0.337 e. The number of carbonyl (C=O) groups excluding carboxylic acids is 2. The van der Waals surface area contributed by atoms with E-state index in [9.17, 15) is 9.59 Å². The summed E-state index contributed by atoms with van der Waals surface area (Å²) in [4.78, 5) is 23.0. The Hall–Kier alpha value is -1.90. The largest absolute Gasteiger partial charge is 0.465 e. The summed E-state index contributed by atoms with van der Waals surface area (Å²) in [7, 11) is 1.31. The minimum Gasteiger partial charge on any atom is -0.465 e. The molecule has 0 aliphatic rings. The molecule has 1 rings (SSSR count). The first kappa shape index (κ1) is 12.2. The fourth-order valence-electron chi connectivity index (χ4n) is 1.26. The van der Waals surface area contributed by atoms with Crippen LogP contribution in [-0.4, -0.2) is 18.9 Å². The molecule has 0 saturated heterocycles. The van der Waals surface area contributed by atoms with Gasteiger partial charge in [0.1, 0.15) is 0 Å². The molecular weight excluding hydrogens is 204 g/mol. The number of benzene rings is 1. The quantitative estimate of drug-likeness (QED) is 0.445. The van der Waals surface area contributed by atoms with E-state index < -0.39 is 5.97 Å². The van der Waals surface area contributed by atoms with E-state index >= 15 is 0 Å². The number of methoxy groups -OCH3 is 1. The smallest absolute Gasteiger partial charge is 0.337 e. The van der Waals surface area contributed by atoms with Gasteiger partial charge in [0.05, 0.1) is 12.7 Å². The molecule has 1 aromatic carbocycles. The minimum atomic E-state index is -0.438. The van der Waals surface area contributed by atoms with Crippen molar-refractivity contribution in [2.75, 3.05) is 7.11 Å². The molecule has 3 nitrogen and oxygen atoms in total. The average Bonchev–Trinajstić information content (AvgIpc) is 2.27. The maximum atomic E-state index is 11.7. The van der Waals surface area contributed by atoms with Crippen molar-refractivity contribution in [2.45, 2.75) is 13.8 Å². The van der Waals surface area contributed by atoms with Crippen molar-refractivity contribution >= 4 is 11.8 Å². The van der Waals surface area contributed by atoms with Gasteiger partial charge in [-0.2, -0.15) is 0 Å². The van der Waals surface area contributed by atoms with Crippen molar-refractivity contribution in [1.29, 1.82) is 0 Å². The van der Waals surface area contributed by atoms with E-state index in [-0.39, 0.29) is 5.78 Å². The summed E-state index contributed by atoms with van der Waals surface area (Å²) >= 11 is 0. The molecule has 0 aliphatic carbocycles. The Bertz CT molecular complexity index is 440. The van der Waals surface area contributed by atoms with Crippen LogP contribution in [0.5, 0.6) is 0 Å². The molecule has 84 valence electrons. The number of rotatable bonds is 3. The van der Waals surface area contributed by atoms with Crippen molar-refractivity contribution < 1.29 is 14.3 Å². The highest BCUT2D eigenvalue weighted by atomic mass is 16.5. The van der Waals surface area contributed by atoms with Crippen LogP contribution in [0, 0.1) is 0 Å². The molecule has 0 radical (unpaired) electrons. The molecule has 0 unspecified atom stereocenters. The zero-order chi connectivity index (χ0) is 12.1. The normalized spacial score (nSPS) is 9.44. The molecule has 0 aliphatic heterocycles. The second-order valence-electron chi connectivity index (χ2n) is 3.66. The zero-order valence-corrected chi connectivity index (χ0v) is 9.61. The molecule has 0 bridgehead atoms. The minimum absolute atomic E-state index is 0.106. The second kappa shape index (κ2) is 5.26. The van der Waals surface area contributed by atoms with Gasteiger partial charge >= 0.3 is 5.97 Å². The first-order chi connectivity index (χ1) is 7.54. The van der Waals surface area contributed by atoms with Gasteiger partial charge in [0, 0.05) is 5.56 Å². The summed E-state index contributed by atoms with van der Waals surface area (Å²) in [6.07, 6.45) is 1.54. The summed E-state index contributed by atoms with van der Waals surface area (Å²) in [6.45, 7) is 3.70. The Balaban J connectivity index is 3.03. The molecule has 0 atom stereocenters. The third-order valence-corrected chi connectivity index (χ3v) is 1.99. The number of ether oxygens (including phenoxy) is 1. The predicted molar refractivity (Wildman–Crippen MR) is 61.5 cm³/mol. The van der Waals surface area contributed by atoms with E-state index in [2.05, 4.69) is 4.74 Å². The van der Waals surface area contributed by atoms with Gasteiger partial charge in [0.2, 0.25) is 0 Å². The predicted octanol–water partition coefficient (Wildman–Crippen LogP) is 2.62. The van der Waals surface area contributed by atoms with Crippen molar-refractivity contribution in [2.24, 2.45) is 0 Å². The number of allylic oxidation sites excluding steroid dienone is 2. The fraction of sp³-hybridized carbons (Fsp3) is 0.231. The monoisotopic (exact) mass is 218 g/mol. The van der Waals surface area contributed by atoms with Gasteiger partial charge in [-0.1, -0.05) is 17.7 Å². The molecule has 0 heterocycles. The molecule has 0 amide bonds. The number of esters is 1. The highest BCUT2D eigenvalue weighted by Crippen LogP contribution is 2.09. The Labute approximate surface area is 94.7 Å². The van der Waals surface area contributed by atoms with E-state index in [1.54, 1.807) is 18.2 Å². The van der Waals surface area contributed by atoms with Crippen LogP contribution in [0.15, 0.2) is 35.9 Å². The van der Waals surface area contributed by atoms with Gasteiger partial charge in [-0.05, 0) is 32.1 Å². The molecule has 1 aromatic rings. The SMILES string of the molecule is COC(=O)c1cccc(C(=O)C=C(C)C)c1. The van der Waals surface area contributed by atoms with Crippen LogP contribution in [0.2, 0.25) is 0 Å². The molecule has 0 N–H and O–H groups in total. The number of carbonyl (C=O) groups is 2. The standard InChI is InChI=1S/C13H14O3/c1-9(2)7-12(14)10-5-4-6-11(8-10)13(15)16-3/h4-8H,1-3H3. The van der Waals surface area contributed by atoms with Crippen molar-refractivity contribution in [1.82, 2.24) is 0 Å². The lowest BCUT2D eigenvalue weighted by molar-refractivity contribution is 0.0600. The van der Waals surface area contributed by atoms with Crippen molar-refractivity contribution in [3.05, 3.63) is 47.0 Å². The van der Waals surface area contributed by atoms with Crippen LogP contribution in [0.3, 0.4) is 0 Å². The Morgan fingerprint density at radius 2 is 1.81 bits per heavy atom. The summed E-state index contributed by atoms with van der Waals surface area (Å²) < 4.78 is 4.59. The Morgan fingerprint density at radius 1 is 1.19 bits per heavy atom. The van der Waals surface area contributed by atoms with Crippen molar-refractivity contribution in [3.63, 3.8) is 0 Å². The van der Waals surface area contributed by atoms with Gasteiger partial charge in [0.15, 0.2) is 5.78 Å². The molecule has 0 spiro atoms. The van der Waals surface area contributed by atoms with E-state index in [0.29, 0.717) is 11.1 Å². The highest BCUT2D eigenvalue weighted by molar-refractivity contribution is 6.06. The lowest BCUT2D eigenvalue weighted by atomic mass is 10.1. The second-order valence-corrected chi connectivity index (χ2v) is 3.66. The Morgan fingerprint density at radius 3 is 2.38 bits per heavy atom. The molecule has 0 aromatic heterocycles. The highest BCUT2D eigenvalue weighted by Gasteiger charge is 2.08. The first-order valence-corrected chi connectivity index (χ1v) is 4.92. The fourth-order valence-corrected chi connectivity index (χ4v) is 1.26. The van der Waals surface area contributed by atoms with Gasteiger partial charge in [-0.15, -0.1) is 0 Å². The third kappa shape index (κ3) is 3.05. The van der Waals surface area contributed by atoms with Crippen LogP contribution in [0.25, 0.3) is 0 Å². The zero-order valence-electron chi connectivity index (χ0n) is 9.61. The summed E-state index contributed by atoms with van der Waals surface area (Å²) in [6, 6.07) is 6.49. The molecule has 0 fully saturated rings. The lowest BCUT2D eigenvalue weighted by Crippen LogP contribution is -2.03. The van der Waals surface area contributed by atoms with Crippen LogP contribution >= 0.6 is 0 Å². The van der Waals surface area contributed by atoms with Crippen LogP contribution in [-0.2, 0) is 4.74 Å². The first-order valence-electron chi connectivity index (χ1n) is 4.92. The maximum absolute atomic E-state index is 11.7. The number of hydrogen-bond acceptors (Lipinski definition) is 3. The van der Waals surface area contributed by atoms with Crippen LogP contribution in [0.1, 0.15) is 34.6 Å². The van der Waals surface area contributed by atoms with E-state index in [1.807, 2.05) is 13.8 Å². The molecule has 0 saturated carbocycles. The van der Waals surface area contributed by atoms with E-state index in [1.165, 1.54) is 19.3 Å². The Kier molecular flexibility index (Phi) is 4.00. The van der Waals surface area contributed by atoms with E-state index in [0.717, 1.165) is 5.57 Å². The molecule has 16 heavy (non-hydrogen) atoms. The summed E-state index contributed by atoms with van der Waals surface area (Å²) in [5.74, 6) is -0.544. The number of hydrogen-bond donors (Lipinski definition) is 0. The summed E-state index contributed by atoms with van der Waals surface area (Å²) in [5.41, 5.74) is 1.80. The topological polar surface area (TPSA) is 43.4 Å². The average molecular weight is 218 g/mol.